The van der Waals surface area contributed by atoms with Crippen LogP contribution in [-0.2, 0) is 16.6 Å². The third-order valence-corrected chi connectivity index (χ3v) is 4.77. The van der Waals surface area contributed by atoms with Gasteiger partial charge in [0.2, 0.25) is 10.0 Å². The second-order valence-corrected chi connectivity index (χ2v) is 6.09. The minimum absolute atomic E-state index is 0.0720. The molecular formula is C14H19FN2O2S. The standard InChI is InChI=1S/C14H19FN2O2S/c1-4-9-17(6-3)20(18,19)14-8-7-12(10-13(14)15)11-16-5-2/h1,7-8,10,16H,5-6,9,11H2,2-3H3. The molecule has 0 spiro atoms. The first-order valence-electron chi connectivity index (χ1n) is 6.40. The third-order valence-electron chi connectivity index (χ3n) is 2.81. The summed E-state index contributed by atoms with van der Waals surface area (Å²) in [6.45, 7) is 4.98. The van der Waals surface area contributed by atoms with E-state index in [2.05, 4.69) is 11.2 Å². The fourth-order valence-electron chi connectivity index (χ4n) is 1.74. The number of hydrogen-bond donors (Lipinski definition) is 1. The average molecular weight is 298 g/mol. The number of sulfonamides is 1. The Balaban J connectivity index is 3.10. The first kappa shape index (κ1) is 16.6. The van der Waals surface area contributed by atoms with Gasteiger partial charge < -0.3 is 5.32 Å². The second kappa shape index (κ2) is 7.39. The molecule has 0 heterocycles. The van der Waals surface area contributed by atoms with Crippen LogP contribution in [0.4, 0.5) is 4.39 Å². The van der Waals surface area contributed by atoms with Crippen LogP contribution < -0.4 is 5.32 Å². The summed E-state index contributed by atoms with van der Waals surface area (Å²) in [6, 6.07) is 4.12. The van der Waals surface area contributed by atoms with E-state index in [0.29, 0.717) is 12.1 Å². The zero-order valence-electron chi connectivity index (χ0n) is 11.7. The minimum atomic E-state index is -3.89. The van der Waals surface area contributed by atoms with Crippen molar-refractivity contribution in [2.24, 2.45) is 0 Å². The van der Waals surface area contributed by atoms with Crippen LogP contribution in [-0.4, -0.2) is 32.4 Å². The van der Waals surface area contributed by atoms with Gasteiger partial charge >= 0.3 is 0 Å². The summed E-state index contributed by atoms with van der Waals surface area (Å²) in [6.07, 6.45) is 5.14. The van der Waals surface area contributed by atoms with Crippen molar-refractivity contribution >= 4 is 10.0 Å². The van der Waals surface area contributed by atoms with Crippen molar-refractivity contribution in [2.75, 3.05) is 19.6 Å². The molecule has 0 saturated carbocycles. The summed E-state index contributed by atoms with van der Waals surface area (Å²) in [4.78, 5) is -0.338. The molecule has 0 aliphatic heterocycles. The van der Waals surface area contributed by atoms with E-state index in [4.69, 9.17) is 6.42 Å². The maximum Gasteiger partial charge on any atom is 0.246 e. The number of benzene rings is 1. The van der Waals surface area contributed by atoms with Gasteiger partial charge in [-0.3, -0.25) is 0 Å². The van der Waals surface area contributed by atoms with Gasteiger partial charge in [-0.2, -0.15) is 4.31 Å². The van der Waals surface area contributed by atoms with Gasteiger partial charge in [-0.05, 0) is 24.2 Å². The van der Waals surface area contributed by atoms with Crippen molar-refractivity contribution in [3.8, 4) is 12.3 Å². The lowest BCUT2D eigenvalue weighted by Gasteiger charge is -2.18. The van der Waals surface area contributed by atoms with Gasteiger partial charge in [-0.1, -0.05) is 25.8 Å². The lowest BCUT2D eigenvalue weighted by molar-refractivity contribution is 0.457. The Morgan fingerprint density at radius 3 is 2.60 bits per heavy atom. The van der Waals surface area contributed by atoms with Gasteiger partial charge in [0.15, 0.2) is 0 Å². The van der Waals surface area contributed by atoms with E-state index in [1.807, 2.05) is 6.92 Å². The smallest absolute Gasteiger partial charge is 0.246 e. The molecule has 1 aromatic carbocycles. The third kappa shape index (κ3) is 3.79. The molecule has 1 aromatic rings. The van der Waals surface area contributed by atoms with Gasteiger partial charge in [0, 0.05) is 13.1 Å². The number of nitrogens with one attached hydrogen (secondary N) is 1. The summed E-state index contributed by atoms with van der Waals surface area (Å²) in [5.41, 5.74) is 0.697. The molecule has 1 rings (SSSR count). The fourth-order valence-corrected chi connectivity index (χ4v) is 3.15. The van der Waals surface area contributed by atoms with E-state index in [9.17, 15) is 12.8 Å². The van der Waals surface area contributed by atoms with Crippen LogP contribution in [0.3, 0.4) is 0 Å². The predicted molar refractivity (Wildman–Crippen MR) is 77.0 cm³/mol. The Morgan fingerprint density at radius 1 is 1.40 bits per heavy atom. The summed E-state index contributed by atoms with van der Waals surface area (Å²) in [7, 11) is -3.89. The monoisotopic (exact) mass is 298 g/mol. The molecule has 0 saturated heterocycles. The van der Waals surface area contributed by atoms with Crippen LogP contribution in [0.2, 0.25) is 0 Å². The average Bonchev–Trinajstić information content (AvgIpc) is 2.42. The van der Waals surface area contributed by atoms with E-state index < -0.39 is 15.8 Å². The fraction of sp³-hybridized carbons (Fsp3) is 0.429. The van der Waals surface area contributed by atoms with Gasteiger partial charge in [-0.15, -0.1) is 6.42 Å². The van der Waals surface area contributed by atoms with Crippen LogP contribution in [0.15, 0.2) is 23.1 Å². The number of nitrogens with zero attached hydrogens (tertiary/aromatic N) is 1. The van der Waals surface area contributed by atoms with E-state index >= 15 is 0 Å². The zero-order chi connectivity index (χ0) is 15.2. The molecule has 4 nitrogen and oxygen atoms in total. The highest BCUT2D eigenvalue weighted by Crippen LogP contribution is 2.20. The summed E-state index contributed by atoms with van der Waals surface area (Å²) < 4.78 is 39.6. The number of hydrogen-bond acceptors (Lipinski definition) is 3. The second-order valence-electron chi connectivity index (χ2n) is 4.18. The molecule has 0 unspecified atom stereocenters. The Labute approximate surface area is 120 Å². The summed E-state index contributed by atoms with van der Waals surface area (Å²) in [5.74, 6) is 1.51. The molecular weight excluding hydrogens is 279 g/mol. The molecule has 0 aliphatic carbocycles. The first-order chi connectivity index (χ1) is 9.47. The predicted octanol–water partition coefficient (Wildman–Crippen LogP) is 1.58. The van der Waals surface area contributed by atoms with Gasteiger partial charge in [0.1, 0.15) is 10.7 Å². The van der Waals surface area contributed by atoms with E-state index in [0.717, 1.165) is 10.8 Å². The number of halogens is 1. The molecule has 0 atom stereocenters. The molecule has 0 aromatic heterocycles. The topological polar surface area (TPSA) is 49.4 Å². The minimum Gasteiger partial charge on any atom is -0.313 e. The van der Waals surface area contributed by atoms with Crippen molar-refractivity contribution < 1.29 is 12.8 Å². The highest BCUT2D eigenvalue weighted by molar-refractivity contribution is 7.89. The Bertz CT molecular complexity index is 594. The van der Waals surface area contributed by atoms with Crippen LogP contribution >= 0.6 is 0 Å². The highest BCUT2D eigenvalue weighted by Gasteiger charge is 2.25. The summed E-state index contributed by atoms with van der Waals surface area (Å²) >= 11 is 0. The van der Waals surface area contributed by atoms with Crippen LogP contribution in [0.25, 0.3) is 0 Å². The van der Waals surface area contributed by atoms with Gasteiger partial charge in [0.05, 0.1) is 6.54 Å². The van der Waals surface area contributed by atoms with Gasteiger partial charge in [0.25, 0.3) is 0 Å². The molecule has 0 fully saturated rings. The lowest BCUT2D eigenvalue weighted by atomic mass is 10.2. The van der Waals surface area contributed by atoms with E-state index in [1.54, 1.807) is 13.0 Å². The Hall–Kier alpha value is -1.42. The Morgan fingerprint density at radius 2 is 2.10 bits per heavy atom. The Kier molecular flexibility index (Phi) is 6.14. The van der Waals surface area contributed by atoms with Crippen molar-refractivity contribution in [3.05, 3.63) is 29.6 Å². The molecule has 6 heteroatoms. The SMILES string of the molecule is C#CCN(CC)S(=O)(=O)c1ccc(CNCC)cc1F. The number of rotatable bonds is 7. The first-order valence-corrected chi connectivity index (χ1v) is 7.84. The van der Waals surface area contributed by atoms with Crippen molar-refractivity contribution in [1.82, 2.24) is 9.62 Å². The van der Waals surface area contributed by atoms with E-state index in [-0.39, 0.29) is 18.0 Å². The zero-order valence-corrected chi connectivity index (χ0v) is 12.5. The van der Waals surface area contributed by atoms with Crippen molar-refractivity contribution in [1.29, 1.82) is 0 Å². The van der Waals surface area contributed by atoms with Crippen LogP contribution in [0.1, 0.15) is 19.4 Å². The lowest BCUT2D eigenvalue weighted by Crippen LogP contribution is -2.31. The van der Waals surface area contributed by atoms with Crippen LogP contribution in [0, 0.1) is 18.2 Å². The summed E-state index contributed by atoms with van der Waals surface area (Å²) in [5, 5.41) is 3.05. The van der Waals surface area contributed by atoms with E-state index in [1.165, 1.54) is 12.1 Å². The molecule has 110 valence electrons. The molecule has 0 bridgehead atoms. The quantitative estimate of drug-likeness (QED) is 0.778. The maximum atomic E-state index is 14.0. The number of terminal acetylenes is 1. The normalized spacial score (nSPS) is 11.6. The molecule has 0 amide bonds. The van der Waals surface area contributed by atoms with Crippen molar-refractivity contribution in [3.63, 3.8) is 0 Å². The molecule has 1 N–H and O–H groups in total. The molecule has 20 heavy (non-hydrogen) atoms. The molecule has 0 radical (unpaired) electrons. The van der Waals surface area contributed by atoms with Gasteiger partial charge in [-0.25, -0.2) is 12.8 Å². The maximum absolute atomic E-state index is 14.0. The van der Waals surface area contributed by atoms with Crippen molar-refractivity contribution in [2.45, 2.75) is 25.3 Å². The highest BCUT2D eigenvalue weighted by atomic mass is 32.2. The largest absolute Gasteiger partial charge is 0.313 e. The van der Waals surface area contributed by atoms with Crippen LogP contribution in [0.5, 0.6) is 0 Å². The molecule has 0 aliphatic rings.